The molecule has 3 aromatic rings. The van der Waals surface area contributed by atoms with Gasteiger partial charge in [0, 0.05) is 55.9 Å². The third kappa shape index (κ3) is 5.81. The van der Waals surface area contributed by atoms with Gasteiger partial charge in [0.15, 0.2) is 0 Å². The predicted molar refractivity (Wildman–Crippen MR) is 148 cm³/mol. The Kier molecular flexibility index (Phi) is 8.07. The van der Waals surface area contributed by atoms with Crippen molar-refractivity contribution in [1.29, 1.82) is 0 Å². The molecule has 1 amide bonds. The molecule has 3 aromatic carbocycles. The molecular formula is C28H26Cl2F3N3O3S. The molecule has 6 nitrogen and oxygen atoms in total. The van der Waals surface area contributed by atoms with Crippen LogP contribution in [-0.2, 0) is 21.0 Å². The highest BCUT2D eigenvalue weighted by Gasteiger charge is 2.45. The average Bonchev–Trinajstić information content (AvgIpc) is 3.41. The second-order valence-electron chi connectivity index (χ2n) is 9.88. The average molecular weight is 613 g/mol. The molecule has 2 saturated heterocycles. The number of benzene rings is 3. The maximum atomic E-state index is 13.8. The number of hydrogen-bond donors (Lipinski definition) is 0. The van der Waals surface area contributed by atoms with Crippen molar-refractivity contribution in [3.8, 4) is 0 Å². The van der Waals surface area contributed by atoms with Crippen LogP contribution in [0.3, 0.4) is 0 Å². The summed E-state index contributed by atoms with van der Waals surface area (Å²) in [7, 11) is -4.04. The monoisotopic (exact) mass is 611 g/mol. The molecule has 0 N–H and O–H groups in total. The van der Waals surface area contributed by atoms with Gasteiger partial charge >= 0.3 is 6.18 Å². The minimum atomic E-state index is -4.44. The summed E-state index contributed by atoms with van der Waals surface area (Å²) in [4.78, 5) is 17.2. The van der Waals surface area contributed by atoms with E-state index in [4.69, 9.17) is 23.2 Å². The Balaban J connectivity index is 1.35. The number of halogens is 5. The zero-order valence-corrected chi connectivity index (χ0v) is 23.5. The van der Waals surface area contributed by atoms with Crippen LogP contribution in [0.4, 0.5) is 18.9 Å². The molecule has 0 aliphatic carbocycles. The van der Waals surface area contributed by atoms with Crippen molar-refractivity contribution in [2.45, 2.75) is 17.0 Å². The molecule has 2 aliphatic heterocycles. The topological polar surface area (TPSA) is 60.9 Å². The summed E-state index contributed by atoms with van der Waals surface area (Å²) in [5, 5.41) is 0.272. The number of piperazine rings is 1. The fraction of sp³-hybridized carbons (Fsp3) is 0.321. The highest BCUT2D eigenvalue weighted by molar-refractivity contribution is 7.89. The van der Waals surface area contributed by atoms with Gasteiger partial charge in [0.25, 0.3) is 0 Å². The third-order valence-corrected chi connectivity index (χ3v) is 10.0. The van der Waals surface area contributed by atoms with Gasteiger partial charge in [-0.3, -0.25) is 4.79 Å². The first kappa shape index (κ1) is 28.7. The van der Waals surface area contributed by atoms with Gasteiger partial charge < -0.3 is 9.80 Å². The van der Waals surface area contributed by atoms with Crippen molar-refractivity contribution < 1.29 is 26.4 Å². The van der Waals surface area contributed by atoms with Crippen molar-refractivity contribution in [2.75, 3.05) is 44.2 Å². The van der Waals surface area contributed by atoms with Crippen molar-refractivity contribution in [1.82, 2.24) is 9.21 Å². The molecule has 0 radical (unpaired) electrons. The maximum absolute atomic E-state index is 13.8. The molecule has 0 unspecified atom stereocenters. The molecule has 2 fully saturated rings. The Bertz CT molecular complexity index is 1500. The summed E-state index contributed by atoms with van der Waals surface area (Å²) >= 11 is 12.3. The van der Waals surface area contributed by atoms with Crippen LogP contribution in [0, 0.1) is 5.92 Å². The Morgan fingerprint density at radius 2 is 1.55 bits per heavy atom. The van der Waals surface area contributed by atoms with Gasteiger partial charge in [-0.1, -0.05) is 59.6 Å². The summed E-state index contributed by atoms with van der Waals surface area (Å²) < 4.78 is 68.0. The molecule has 0 aromatic heterocycles. The van der Waals surface area contributed by atoms with Crippen LogP contribution >= 0.6 is 23.2 Å². The van der Waals surface area contributed by atoms with Gasteiger partial charge in [0.1, 0.15) is 4.90 Å². The zero-order chi connectivity index (χ0) is 28.7. The molecule has 40 heavy (non-hydrogen) atoms. The predicted octanol–water partition coefficient (Wildman–Crippen LogP) is 5.77. The van der Waals surface area contributed by atoms with E-state index in [9.17, 15) is 26.4 Å². The Hall–Kier alpha value is -2.79. The number of amides is 1. The van der Waals surface area contributed by atoms with E-state index in [-0.39, 0.29) is 39.9 Å². The number of nitrogens with zero attached hydrogens (tertiary/aromatic N) is 3. The lowest BCUT2D eigenvalue weighted by Gasteiger charge is -2.38. The van der Waals surface area contributed by atoms with E-state index in [0.717, 1.165) is 17.7 Å². The lowest BCUT2D eigenvalue weighted by atomic mass is 9.88. The number of anilines is 1. The maximum Gasteiger partial charge on any atom is 0.416 e. The molecular weight excluding hydrogens is 586 g/mol. The smallest absolute Gasteiger partial charge is 0.368 e. The lowest BCUT2D eigenvalue weighted by molar-refractivity contribution is -0.137. The number of hydrogen-bond acceptors (Lipinski definition) is 4. The van der Waals surface area contributed by atoms with E-state index in [1.807, 2.05) is 35.2 Å². The van der Waals surface area contributed by atoms with Gasteiger partial charge in [0.2, 0.25) is 15.9 Å². The largest absolute Gasteiger partial charge is 0.416 e. The molecule has 2 atom stereocenters. The van der Waals surface area contributed by atoms with Crippen LogP contribution in [0.1, 0.15) is 17.0 Å². The number of sulfonamides is 1. The summed E-state index contributed by atoms with van der Waals surface area (Å²) in [5.74, 6) is -1.22. The Morgan fingerprint density at radius 3 is 2.23 bits per heavy atom. The molecule has 12 heteroatoms. The van der Waals surface area contributed by atoms with Crippen molar-refractivity contribution in [3.63, 3.8) is 0 Å². The van der Waals surface area contributed by atoms with Crippen LogP contribution in [0.2, 0.25) is 10.0 Å². The van der Waals surface area contributed by atoms with Crippen molar-refractivity contribution in [3.05, 3.63) is 94.0 Å². The van der Waals surface area contributed by atoms with Gasteiger partial charge in [-0.05, 0) is 42.0 Å². The first-order valence-electron chi connectivity index (χ1n) is 12.7. The van der Waals surface area contributed by atoms with Gasteiger partial charge in [-0.25, -0.2) is 8.42 Å². The first-order valence-corrected chi connectivity index (χ1v) is 14.9. The van der Waals surface area contributed by atoms with Crippen LogP contribution in [0.5, 0.6) is 0 Å². The fourth-order valence-corrected chi connectivity index (χ4v) is 7.59. The highest BCUT2D eigenvalue weighted by Crippen LogP contribution is 2.39. The van der Waals surface area contributed by atoms with Crippen LogP contribution in [0.25, 0.3) is 0 Å². The summed E-state index contributed by atoms with van der Waals surface area (Å²) in [6.45, 7) is 1.39. The van der Waals surface area contributed by atoms with E-state index in [1.165, 1.54) is 28.6 Å². The van der Waals surface area contributed by atoms with Crippen LogP contribution in [-0.4, -0.2) is 62.8 Å². The highest BCUT2D eigenvalue weighted by atomic mass is 35.5. The van der Waals surface area contributed by atoms with E-state index < -0.39 is 27.7 Å². The second kappa shape index (κ2) is 11.2. The quantitative estimate of drug-likeness (QED) is 0.368. The molecule has 2 heterocycles. The zero-order valence-electron chi connectivity index (χ0n) is 21.2. The van der Waals surface area contributed by atoms with E-state index in [0.29, 0.717) is 31.9 Å². The number of carbonyl (C=O) groups is 1. The third-order valence-electron chi connectivity index (χ3n) is 7.47. The van der Waals surface area contributed by atoms with Crippen molar-refractivity contribution in [2.24, 2.45) is 5.92 Å². The van der Waals surface area contributed by atoms with E-state index >= 15 is 0 Å². The van der Waals surface area contributed by atoms with Gasteiger partial charge in [0.05, 0.1) is 16.5 Å². The molecule has 0 saturated carbocycles. The Morgan fingerprint density at radius 1 is 0.850 bits per heavy atom. The molecule has 0 spiro atoms. The number of carbonyl (C=O) groups excluding carboxylic acids is 1. The molecule has 2 aliphatic rings. The number of alkyl halides is 3. The Labute approximate surface area is 240 Å². The van der Waals surface area contributed by atoms with Gasteiger partial charge in [-0.2, -0.15) is 17.5 Å². The molecule has 5 rings (SSSR count). The van der Waals surface area contributed by atoms with Gasteiger partial charge in [-0.15, -0.1) is 0 Å². The number of rotatable bonds is 5. The lowest BCUT2D eigenvalue weighted by Crippen LogP contribution is -2.51. The van der Waals surface area contributed by atoms with Crippen LogP contribution < -0.4 is 4.90 Å². The second-order valence-corrected chi connectivity index (χ2v) is 12.6. The standard InChI is InChI=1S/C28H26Cl2F3N3O3S/c29-21-9-10-25(30)26(16-21)40(38,39)36-17-23(19-5-2-1-3-6-19)24(18-36)27(37)35-13-11-34(12-14-35)22-8-4-7-20(15-22)28(31,32)33/h1-10,15-16,23-24H,11-14,17-18H2/t23-,24+/m0/s1. The first-order chi connectivity index (χ1) is 18.9. The van der Waals surface area contributed by atoms with Crippen LogP contribution in [0.15, 0.2) is 77.7 Å². The fourth-order valence-electron chi connectivity index (χ4n) is 5.36. The van der Waals surface area contributed by atoms with E-state index in [2.05, 4.69) is 0 Å². The molecule has 212 valence electrons. The minimum Gasteiger partial charge on any atom is -0.368 e. The summed E-state index contributed by atoms with van der Waals surface area (Å²) in [6, 6.07) is 18.7. The normalized spacial score (nSPS) is 20.6. The molecule has 0 bridgehead atoms. The van der Waals surface area contributed by atoms with E-state index in [1.54, 1.807) is 11.0 Å². The summed E-state index contributed by atoms with van der Waals surface area (Å²) in [5.41, 5.74) is 0.570. The minimum absolute atomic E-state index is 0.0303. The SMILES string of the molecule is O=C([C@@H]1CN(S(=O)(=O)c2cc(Cl)ccc2Cl)C[C@H]1c1ccccc1)N1CCN(c2cccc(C(F)(F)F)c2)CC1. The summed E-state index contributed by atoms with van der Waals surface area (Å²) in [6.07, 6.45) is -4.44. The van der Waals surface area contributed by atoms with Crippen molar-refractivity contribution >= 4 is 44.8 Å².